The molecule has 1 aromatic rings. The lowest BCUT2D eigenvalue weighted by molar-refractivity contribution is -0.130. The molecule has 0 unspecified atom stereocenters. The van der Waals surface area contributed by atoms with Crippen molar-refractivity contribution < 1.29 is 9.59 Å². The predicted molar refractivity (Wildman–Crippen MR) is 65.2 cm³/mol. The van der Waals surface area contributed by atoms with Crippen LogP contribution in [0.2, 0.25) is 5.02 Å². The van der Waals surface area contributed by atoms with E-state index in [1.54, 1.807) is 31.2 Å². The molecule has 4 nitrogen and oxygen atoms in total. The molecule has 88 valence electrons. The fourth-order valence-electron chi connectivity index (χ4n) is 1.49. The summed E-state index contributed by atoms with van der Waals surface area (Å²) in [5, 5.41) is 5.63. The summed E-state index contributed by atoms with van der Waals surface area (Å²) in [5.41, 5.74) is 0.898. The molecule has 0 spiro atoms. The van der Waals surface area contributed by atoms with Crippen molar-refractivity contribution in [3.63, 3.8) is 0 Å². The van der Waals surface area contributed by atoms with Crippen LogP contribution >= 0.6 is 11.6 Å². The Morgan fingerprint density at radius 1 is 1.29 bits per heavy atom. The molecule has 1 aliphatic heterocycles. The number of benzene rings is 1. The first-order chi connectivity index (χ1) is 8.08. The summed E-state index contributed by atoms with van der Waals surface area (Å²) in [6.45, 7) is 1.62. The van der Waals surface area contributed by atoms with Gasteiger partial charge in [-0.2, -0.15) is 0 Å². The predicted octanol–water partition coefficient (Wildman–Crippen LogP) is 1.32. The second-order valence-corrected chi connectivity index (χ2v) is 4.17. The third-order valence-corrected chi connectivity index (χ3v) is 2.79. The molecule has 1 fully saturated rings. The van der Waals surface area contributed by atoms with Gasteiger partial charge in [0.15, 0.2) is 0 Å². The van der Waals surface area contributed by atoms with Gasteiger partial charge in [-0.25, -0.2) is 0 Å². The molecule has 0 aromatic heterocycles. The monoisotopic (exact) mass is 250 g/mol. The number of carbonyl (C=O) groups is 2. The average Bonchev–Trinajstić information content (AvgIpc) is 2.29. The molecular formula is C12H11ClN2O2. The van der Waals surface area contributed by atoms with Crippen LogP contribution in [-0.2, 0) is 9.59 Å². The van der Waals surface area contributed by atoms with E-state index in [0.29, 0.717) is 10.6 Å². The lowest BCUT2D eigenvalue weighted by Crippen LogP contribution is -2.53. The zero-order valence-corrected chi connectivity index (χ0v) is 9.91. The second-order valence-electron chi connectivity index (χ2n) is 3.76. The minimum absolute atomic E-state index is 0.209. The van der Waals surface area contributed by atoms with E-state index in [9.17, 15) is 9.59 Å². The minimum atomic E-state index is -0.508. The lowest BCUT2D eigenvalue weighted by Gasteiger charge is -2.22. The standard InChI is InChI=1S/C12H11ClN2O2/c1-7-11(16)15-10(12(17)14-7)6-8-4-2-3-5-9(8)13/h2-7H,1H3,(H,14,17)(H,15,16)/b10-6+/t7-/m0/s1. The van der Waals surface area contributed by atoms with E-state index in [1.165, 1.54) is 0 Å². The van der Waals surface area contributed by atoms with Gasteiger partial charge in [0.25, 0.3) is 5.91 Å². The Morgan fingerprint density at radius 2 is 2.00 bits per heavy atom. The fourth-order valence-corrected chi connectivity index (χ4v) is 1.68. The smallest absolute Gasteiger partial charge is 0.268 e. The molecule has 2 rings (SSSR count). The highest BCUT2D eigenvalue weighted by Gasteiger charge is 2.25. The molecule has 0 aliphatic carbocycles. The SMILES string of the molecule is C[C@@H]1NC(=O)/C(=C\c2ccccc2Cl)NC1=O. The quantitative estimate of drug-likeness (QED) is 0.739. The van der Waals surface area contributed by atoms with Gasteiger partial charge in [-0.15, -0.1) is 0 Å². The summed E-state index contributed by atoms with van der Waals surface area (Å²) >= 11 is 5.97. The van der Waals surface area contributed by atoms with Crippen molar-refractivity contribution in [2.24, 2.45) is 0 Å². The highest BCUT2D eigenvalue weighted by Crippen LogP contribution is 2.18. The van der Waals surface area contributed by atoms with Crippen molar-refractivity contribution in [2.75, 3.05) is 0 Å². The van der Waals surface area contributed by atoms with Crippen molar-refractivity contribution >= 4 is 29.5 Å². The molecule has 5 heteroatoms. The minimum Gasteiger partial charge on any atom is -0.339 e. The highest BCUT2D eigenvalue weighted by atomic mass is 35.5. The summed E-state index contributed by atoms with van der Waals surface area (Å²) in [5.74, 6) is -0.542. The maximum Gasteiger partial charge on any atom is 0.268 e. The highest BCUT2D eigenvalue weighted by molar-refractivity contribution is 6.32. The van der Waals surface area contributed by atoms with Gasteiger partial charge in [0.1, 0.15) is 11.7 Å². The maximum atomic E-state index is 11.6. The lowest BCUT2D eigenvalue weighted by atomic mass is 10.1. The number of rotatable bonds is 1. The first kappa shape index (κ1) is 11.7. The van der Waals surface area contributed by atoms with Crippen molar-refractivity contribution in [1.82, 2.24) is 10.6 Å². The number of amides is 2. The van der Waals surface area contributed by atoms with Crippen molar-refractivity contribution in [3.8, 4) is 0 Å². The van der Waals surface area contributed by atoms with Gasteiger partial charge in [-0.1, -0.05) is 29.8 Å². The van der Waals surface area contributed by atoms with Crippen molar-refractivity contribution in [3.05, 3.63) is 40.5 Å². The third-order valence-electron chi connectivity index (χ3n) is 2.45. The van der Waals surface area contributed by atoms with E-state index in [0.717, 1.165) is 0 Å². The van der Waals surface area contributed by atoms with Gasteiger partial charge in [-0.3, -0.25) is 9.59 Å². The Labute approximate surface area is 104 Å². The van der Waals surface area contributed by atoms with Gasteiger partial charge >= 0.3 is 0 Å². The Kier molecular flexibility index (Phi) is 3.15. The molecular weight excluding hydrogens is 240 g/mol. The van der Waals surface area contributed by atoms with E-state index in [4.69, 9.17) is 11.6 Å². The van der Waals surface area contributed by atoms with Gasteiger partial charge in [0.05, 0.1) is 0 Å². The summed E-state index contributed by atoms with van der Waals surface area (Å²) in [4.78, 5) is 23.1. The number of piperazine rings is 1. The van der Waals surface area contributed by atoms with E-state index >= 15 is 0 Å². The molecule has 2 N–H and O–H groups in total. The summed E-state index contributed by atoms with van der Waals surface area (Å²) in [6.07, 6.45) is 1.56. The van der Waals surface area contributed by atoms with Crippen LogP contribution in [0.3, 0.4) is 0 Å². The van der Waals surface area contributed by atoms with Crippen LogP contribution in [-0.4, -0.2) is 17.9 Å². The Bertz CT molecular complexity index is 511. The molecule has 0 radical (unpaired) electrons. The zero-order chi connectivity index (χ0) is 12.4. The van der Waals surface area contributed by atoms with Gasteiger partial charge in [0.2, 0.25) is 5.91 Å². The molecule has 1 aromatic carbocycles. The molecule has 1 atom stereocenters. The van der Waals surface area contributed by atoms with Gasteiger partial charge in [-0.05, 0) is 24.6 Å². The number of nitrogens with one attached hydrogen (secondary N) is 2. The van der Waals surface area contributed by atoms with E-state index in [-0.39, 0.29) is 17.5 Å². The molecule has 0 bridgehead atoms. The average molecular weight is 251 g/mol. The fraction of sp³-hybridized carbons (Fsp3) is 0.167. The number of carbonyl (C=O) groups excluding carboxylic acids is 2. The van der Waals surface area contributed by atoms with E-state index in [2.05, 4.69) is 10.6 Å². The van der Waals surface area contributed by atoms with Crippen LogP contribution in [0.15, 0.2) is 30.0 Å². The van der Waals surface area contributed by atoms with Crippen LogP contribution < -0.4 is 10.6 Å². The summed E-state index contributed by atoms with van der Waals surface area (Å²) < 4.78 is 0. The Hall–Kier alpha value is -1.81. The van der Waals surface area contributed by atoms with Crippen LogP contribution in [0, 0.1) is 0 Å². The summed E-state index contributed by atoms with van der Waals surface area (Å²) in [7, 11) is 0. The Morgan fingerprint density at radius 3 is 2.71 bits per heavy atom. The summed E-state index contributed by atoms with van der Waals surface area (Å²) in [6, 6.07) is 6.59. The largest absolute Gasteiger partial charge is 0.339 e. The van der Waals surface area contributed by atoms with Gasteiger partial charge in [0, 0.05) is 5.02 Å². The first-order valence-corrected chi connectivity index (χ1v) is 5.53. The van der Waals surface area contributed by atoms with Gasteiger partial charge < -0.3 is 10.6 Å². The molecule has 17 heavy (non-hydrogen) atoms. The molecule has 1 aliphatic rings. The van der Waals surface area contributed by atoms with Crippen LogP contribution in [0.1, 0.15) is 12.5 Å². The van der Waals surface area contributed by atoms with Crippen LogP contribution in [0.5, 0.6) is 0 Å². The van der Waals surface area contributed by atoms with Crippen LogP contribution in [0.25, 0.3) is 6.08 Å². The van der Waals surface area contributed by atoms with E-state index in [1.807, 2.05) is 6.07 Å². The normalized spacial score (nSPS) is 22.2. The maximum absolute atomic E-state index is 11.6. The molecule has 0 saturated carbocycles. The molecule has 1 heterocycles. The zero-order valence-electron chi connectivity index (χ0n) is 9.16. The second kappa shape index (κ2) is 4.59. The van der Waals surface area contributed by atoms with Crippen molar-refractivity contribution in [1.29, 1.82) is 0 Å². The van der Waals surface area contributed by atoms with Crippen LogP contribution in [0.4, 0.5) is 0 Å². The number of halogens is 1. The first-order valence-electron chi connectivity index (χ1n) is 5.16. The molecule has 2 amide bonds. The topological polar surface area (TPSA) is 58.2 Å². The third kappa shape index (κ3) is 2.47. The van der Waals surface area contributed by atoms with Crippen molar-refractivity contribution in [2.45, 2.75) is 13.0 Å². The van der Waals surface area contributed by atoms with E-state index < -0.39 is 6.04 Å². The number of hydrogen-bond donors (Lipinski definition) is 2. The number of hydrogen-bond acceptors (Lipinski definition) is 2. The molecule has 1 saturated heterocycles. The Balaban J connectivity index is 2.31.